The summed E-state index contributed by atoms with van der Waals surface area (Å²) in [5.74, 6) is 0.408. The molecular formula is C23H20N2O3. The van der Waals surface area contributed by atoms with E-state index in [0.29, 0.717) is 22.1 Å². The molecule has 0 aliphatic carbocycles. The minimum Gasteiger partial charge on any atom is -0.467 e. The summed E-state index contributed by atoms with van der Waals surface area (Å²) >= 11 is 0. The molecule has 2 heterocycles. The number of aryl methyl sites for hydroxylation is 2. The van der Waals surface area contributed by atoms with Crippen LogP contribution < -0.4 is 10.9 Å². The third-order valence-electron chi connectivity index (χ3n) is 4.94. The highest BCUT2D eigenvalue weighted by molar-refractivity contribution is 6.06. The number of nitrogens with zero attached hydrogens (tertiary/aromatic N) is 1. The van der Waals surface area contributed by atoms with E-state index in [9.17, 15) is 9.59 Å². The summed E-state index contributed by atoms with van der Waals surface area (Å²) < 4.78 is 6.81. The van der Waals surface area contributed by atoms with Gasteiger partial charge in [-0.2, -0.15) is 0 Å². The van der Waals surface area contributed by atoms with Gasteiger partial charge >= 0.3 is 0 Å². The number of nitrogens with one attached hydrogen (secondary N) is 1. The lowest BCUT2D eigenvalue weighted by Gasteiger charge is -2.13. The van der Waals surface area contributed by atoms with Crippen molar-refractivity contribution < 1.29 is 9.21 Å². The number of aromatic nitrogens is 1. The van der Waals surface area contributed by atoms with Gasteiger partial charge in [-0.15, -0.1) is 0 Å². The summed E-state index contributed by atoms with van der Waals surface area (Å²) in [5, 5.41) is 4.00. The lowest BCUT2D eigenvalue weighted by molar-refractivity contribution is 0.0949. The van der Waals surface area contributed by atoms with Crippen LogP contribution >= 0.6 is 0 Å². The van der Waals surface area contributed by atoms with E-state index >= 15 is 0 Å². The second-order valence-electron chi connectivity index (χ2n) is 6.79. The topological polar surface area (TPSA) is 64.2 Å². The Balaban J connectivity index is 1.83. The number of rotatable bonds is 4. The highest BCUT2D eigenvalue weighted by atomic mass is 16.3. The van der Waals surface area contributed by atoms with Crippen molar-refractivity contribution in [3.63, 3.8) is 0 Å². The van der Waals surface area contributed by atoms with Gasteiger partial charge < -0.3 is 9.73 Å². The number of furan rings is 1. The van der Waals surface area contributed by atoms with Crippen molar-refractivity contribution in [2.75, 3.05) is 0 Å². The molecule has 1 N–H and O–H groups in total. The second-order valence-corrected chi connectivity index (χ2v) is 6.79. The van der Waals surface area contributed by atoms with Crippen LogP contribution in [0.4, 0.5) is 0 Å². The molecule has 0 saturated heterocycles. The van der Waals surface area contributed by atoms with Gasteiger partial charge in [0.15, 0.2) is 0 Å². The molecule has 0 spiro atoms. The minimum atomic E-state index is -0.259. The number of amides is 1. The smallest absolute Gasteiger partial charge is 0.262 e. The van der Waals surface area contributed by atoms with Gasteiger partial charge in [0.2, 0.25) is 0 Å². The van der Waals surface area contributed by atoms with Crippen LogP contribution in [0.25, 0.3) is 16.5 Å². The maximum Gasteiger partial charge on any atom is 0.262 e. The zero-order valence-electron chi connectivity index (χ0n) is 15.7. The normalized spacial score (nSPS) is 10.9. The summed E-state index contributed by atoms with van der Waals surface area (Å²) in [6.07, 6.45) is 3.18. The highest BCUT2D eigenvalue weighted by Crippen LogP contribution is 2.19. The number of pyridine rings is 1. The monoisotopic (exact) mass is 372 g/mol. The van der Waals surface area contributed by atoms with Gasteiger partial charge in [0.1, 0.15) is 5.76 Å². The van der Waals surface area contributed by atoms with Crippen molar-refractivity contribution in [3.05, 3.63) is 99.9 Å². The van der Waals surface area contributed by atoms with E-state index in [1.807, 2.05) is 38.1 Å². The molecule has 1 amide bonds. The first-order valence-electron chi connectivity index (χ1n) is 9.07. The molecule has 0 radical (unpaired) electrons. The first-order chi connectivity index (χ1) is 13.5. The molecule has 2 aromatic heterocycles. The van der Waals surface area contributed by atoms with Crippen LogP contribution in [0.5, 0.6) is 0 Å². The first-order valence-corrected chi connectivity index (χ1v) is 9.07. The third kappa shape index (κ3) is 3.22. The summed E-state index contributed by atoms with van der Waals surface area (Å²) in [7, 11) is 0. The minimum absolute atomic E-state index is 0.151. The first kappa shape index (κ1) is 17.8. The fourth-order valence-corrected chi connectivity index (χ4v) is 3.22. The van der Waals surface area contributed by atoms with E-state index in [2.05, 4.69) is 5.32 Å². The SMILES string of the molecule is Cc1ccc(-n2cc(C(=O)NCc3ccco3)c3ccccc3c2=O)cc1C. The van der Waals surface area contributed by atoms with Crippen LogP contribution in [0.3, 0.4) is 0 Å². The molecule has 2 aromatic carbocycles. The van der Waals surface area contributed by atoms with E-state index in [4.69, 9.17) is 4.42 Å². The van der Waals surface area contributed by atoms with Crippen molar-refractivity contribution in [2.24, 2.45) is 0 Å². The lowest BCUT2D eigenvalue weighted by atomic mass is 10.1. The summed E-state index contributed by atoms with van der Waals surface area (Å²) in [5.41, 5.74) is 3.26. The highest BCUT2D eigenvalue weighted by Gasteiger charge is 2.16. The molecule has 0 unspecified atom stereocenters. The number of fused-ring (bicyclic) bond motifs is 1. The standard InChI is InChI=1S/C23H20N2O3/c1-15-9-10-17(12-16(15)2)25-14-21(19-7-3-4-8-20(19)23(25)27)22(26)24-13-18-6-5-11-28-18/h3-12,14H,13H2,1-2H3,(H,24,26). The summed E-state index contributed by atoms with van der Waals surface area (Å²) in [6.45, 7) is 4.31. The average molecular weight is 372 g/mol. The molecule has 0 atom stereocenters. The van der Waals surface area contributed by atoms with Crippen LogP contribution in [0, 0.1) is 13.8 Å². The maximum atomic E-state index is 13.1. The molecule has 4 aromatic rings. The van der Waals surface area contributed by atoms with Crippen LogP contribution in [-0.4, -0.2) is 10.5 Å². The molecule has 0 bridgehead atoms. The zero-order chi connectivity index (χ0) is 19.7. The van der Waals surface area contributed by atoms with Gasteiger partial charge in [0.25, 0.3) is 11.5 Å². The Morgan fingerprint density at radius 1 is 1.00 bits per heavy atom. The molecule has 4 rings (SSSR count). The number of benzene rings is 2. The summed E-state index contributed by atoms with van der Waals surface area (Å²) in [6, 6.07) is 16.6. The quantitative estimate of drug-likeness (QED) is 0.586. The van der Waals surface area contributed by atoms with Gasteiger partial charge in [0, 0.05) is 22.7 Å². The molecule has 5 nitrogen and oxygen atoms in total. The molecule has 5 heteroatoms. The van der Waals surface area contributed by atoms with E-state index in [1.165, 1.54) is 4.57 Å². The number of hydrogen-bond acceptors (Lipinski definition) is 3. The van der Waals surface area contributed by atoms with Gasteiger partial charge in [-0.25, -0.2) is 0 Å². The van der Waals surface area contributed by atoms with Crippen molar-refractivity contribution in [3.8, 4) is 5.69 Å². The lowest BCUT2D eigenvalue weighted by Crippen LogP contribution is -2.26. The Labute approximate surface area is 162 Å². The predicted octanol–water partition coefficient (Wildman–Crippen LogP) is 4.13. The third-order valence-corrected chi connectivity index (χ3v) is 4.94. The summed E-state index contributed by atoms with van der Waals surface area (Å²) in [4.78, 5) is 26.0. The Kier molecular flexibility index (Phi) is 4.57. The Hall–Kier alpha value is -3.60. The van der Waals surface area contributed by atoms with E-state index in [0.717, 1.165) is 16.8 Å². The van der Waals surface area contributed by atoms with E-state index < -0.39 is 0 Å². The van der Waals surface area contributed by atoms with Gasteiger partial charge in [-0.05, 0) is 55.3 Å². The number of hydrogen-bond donors (Lipinski definition) is 1. The molecule has 28 heavy (non-hydrogen) atoms. The van der Waals surface area contributed by atoms with Crippen LogP contribution in [0.15, 0.2) is 76.3 Å². The van der Waals surface area contributed by atoms with Crippen molar-refractivity contribution >= 4 is 16.7 Å². The number of carbonyl (C=O) groups is 1. The van der Waals surface area contributed by atoms with Gasteiger partial charge in [-0.1, -0.05) is 24.3 Å². The molecule has 0 saturated carbocycles. The van der Waals surface area contributed by atoms with Crippen molar-refractivity contribution in [1.82, 2.24) is 9.88 Å². The fourth-order valence-electron chi connectivity index (χ4n) is 3.22. The van der Waals surface area contributed by atoms with Crippen LogP contribution in [0.1, 0.15) is 27.2 Å². The predicted molar refractivity (Wildman–Crippen MR) is 109 cm³/mol. The van der Waals surface area contributed by atoms with Crippen LogP contribution in [0.2, 0.25) is 0 Å². The Bertz CT molecular complexity index is 1220. The van der Waals surface area contributed by atoms with Crippen molar-refractivity contribution in [2.45, 2.75) is 20.4 Å². The largest absolute Gasteiger partial charge is 0.467 e. The Morgan fingerprint density at radius 3 is 2.50 bits per heavy atom. The molecule has 0 aliphatic rings. The molecular weight excluding hydrogens is 352 g/mol. The average Bonchev–Trinajstić information content (AvgIpc) is 3.22. The van der Waals surface area contributed by atoms with E-state index in [1.54, 1.807) is 42.8 Å². The van der Waals surface area contributed by atoms with Crippen LogP contribution in [-0.2, 0) is 6.54 Å². The van der Waals surface area contributed by atoms with Crippen molar-refractivity contribution in [1.29, 1.82) is 0 Å². The molecule has 0 aliphatic heterocycles. The van der Waals surface area contributed by atoms with Gasteiger partial charge in [0.05, 0.1) is 18.4 Å². The Morgan fingerprint density at radius 2 is 1.79 bits per heavy atom. The molecule has 0 fully saturated rings. The second kappa shape index (κ2) is 7.19. The zero-order valence-corrected chi connectivity index (χ0v) is 15.7. The molecule has 140 valence electrons. The number of carbonyl (C=O) groups excluding carboxylic acids is 1. The van der Waals surface area contributed by atoms with Gasteiger partial charge in [-0.3, -0.25) is 14.2 Å². The fraction of sp³-hybridized carbons (Fsp3) is 0.130. The van der Waals surface area contributed by atoms with E-state index in [-0.39, 0.29) is 18.0 Å². The maximum absolute atomic E-state index is 13.1.